The molecule has 0 bridgehead atoms. The van der Waals surface area contributed by atoms with Crippen LogP contribution in [-0.4, -0.2) is 12.6 Å². The zero-order valence-electron chi connectivity index (χ0n) is 8.48. The van der Waals surface area contributed by atoms with Crippen LogP contribution in [0, 0.1) is 5.92 Å². The van der Waals surface area contributed by atoms with Crippen molar-refractivity contribution in [1.82, 2.24) is 5.32 Å². The quantitative estimate of drug-likeness (QED) is 0.570. The predicted octanol–water partition coefficient (Wildman–Crippen LogP) is 2.81. The van der Waals surface area contributed by atoms with Crippen LogP contribution in [0.1, 0.15) is 47.0 Å². The lowest BCUT2D eigenvalue weighted by Gasteiger charge is -2.16. The minimum atomic E-state index is 0.743. The molecule has 11 heavy (non-hydrogen) atoms. The van der Waals surface area contributed by atoms with E-state index in [2.05, 4.69) is 19.2 Å². The molecule has 0 aromatic heterocycles. The van der Waals surface area contributed by atoms with Gasteiger partial charge in [0, 0.05) is 6.04 Å². The van der Waals surface area contributed by atoms with Crippen molar-refractivity contribution in [1.29, 1.82) is 0 Å². The summed E-state index contributed by atoms with van der Waals surface area (Å²) in [5.74, 6) is 0.882. The number of rotatable bonds is 0. The number of hydrogen-bond acceptors (Lipinski definition) is 1. The van der Waals surface area contributed by atoms with Gasteiger partial charge in [-0.1, -0.05) is 27.2 Å². The van der Waals surface area contributed by atoms with Gasteiger partial charge in [-0.2, -0.15) is 0 Å². The van der Waals surface area contributed by atoms with Crippen LogP contribution in [0.25, 0.3) is 0 Å². The largest absolute Gasteiger partial charge is 0.314 e. The second kappa shape index (κ2) is 6.66. The average Bonchev–Trinajstić information content (AvgIpc) is 2.22. The van der Waals surface area contributed by atoms with Crippen LogP contribution in [-0.2, 0) is 0 Å². The van der Waals surface area contributed by atoms with Crippen LogP contribution < -0.4 is 5.32 Å². The van der Waals surface area contributed by atoms with Crippen LogP contribution >= 0.6 is 0 Å². The minimum absolute atomic E-state index is 0.743. The standard InChI is InChI=1S/C8H17N.C2H6/c1-7-5-3-4-6-9-8(7)2;1-2/h7-9H,3-6H2,1-2H3;1-2H3. The zero-order valence-corrected chi connectivity index (χ0v) is 8.48. The first-order valence-corrected chi connectivity index (χ1v) is 5.04. The Balaban J connectivity index is 0.000000461. The van der Waals surface area contributed by atoms with Gasteiger partial charge in [-0.15, -0.1) is 0 Å². The van der Waals surface area contributed by atoms with E-state index >= 15 is 0 Å². The van der Waals surface area contributed by atoms with Gasteiger partial charge in [0.25, 0.3) is 0 Å². The molecule has 1 heteroatoms. The van der Waals surface area contributed by atoms with Gasteiger partial charge < -0.3 is 5.32 Å². The molecule has 1 nitrogen and oxygen atoms in total. The minimum Gasteiger partial charge on any atom is -0.314 e. The summed E-state index contributed by atoms with van der Waals surface area (Å²) in [5.41, 5.74) is 0. The van der Waals surface area contributed by atoms with Crippen molar-refractivity contribution in [3.05, 3.63) is 0 Å². The lowest BCUT2D eigenvalue weighted by Crippen LogP contribution is -2.30. The van der Waals surface area contributed by atoms with Crippen molar-refractivity contribution in [3.63, 3.8) is 0 Å². The van der Waals surface area contributed by atoms with Crippen LogP contribution in [0.2, 0.25) is 0 Å². The highest BCUT2D eigenvalue weighted by molar-refractivity contribution is 4.71. The van der Waals surface area contributed by atoms with E-state index in [0.717, 1.165) is 12.0 Å². The van der Waals surface area contributed by atoms with Crippen LogP contribution in [0.3, 0.4) is 0 Å². The highest BCUT2D eigenvalue weighted by Gasteiger charge is 2.13. The summed E-state index contributed by atoms with van der Waals surface area (Å²) in [6.07, 6.45) is 4.20. The fourth-order valence-corrected chi connectivity index (χ4v) is 1.37. The molecule has 1 rings (SSSR count). The predicted molar refractivity (Wildman–Crippen MR) is 51.8 cm³/mol. The summed E-state index contributed by atoms with van der Waals surface area (Å²) in [6.45, 7) is 9.85. The second-order valence-electron chi connectivity index (χ2n) is 3.22. The zero-order chi connectivity index (χ0) is 8.69. The lowest BCUT2D eigenvalue weighted by molar-refractivity contribution is 0.415. The molecule has 0 aromatic rings. The van der Waals surface area contributed by atoms with Crippen molar-refractivity contribution in [2.24, 2.45) is 5.92 Å². The maximum atomic E-state index is 3.49. The Bertz CT molecular complexity index is 70.9. The second-order valence-corrected chi connectivity index (χ2v) is 3.22. The third-order valence-electron chi connectivity index (χ3n) is 2.41. The summed E-state index contributed by atoms with van der Waals surface area (Å²) in [4.78, 5) is 0. The van der Waals surface area contributed by atoms with E-state index in [4.69, 9.17) is 0 Å². The third-order valence-corrected chi connectivity index (χ3v) is 2.41. The molecule has 68 valence electrons. The summed E-state index contributed by atoms with van der Waals surface area (Å²) in [6, 6.07) is 0.743. The Labute approximate surface area is 71.6 Å². The Morgan fingerprint density at radius 3 is 2.36 bits per heavy atom. The normalized spacial score (nSPS) is 31.6. The van der Waals surface area contributed by atoms with Gasteiger partial charge in [0.2, 0.25) is 0 Å². The molecular weight excluding hydrogens is 134 g/mol. The van der Waals surface area contributed by atoms with E-state index in [0.29, 0.717) is 0 Å². The van der Waals surface area contributed by atoms with E-state index in [1.54, 1.807) is 0 Å². The van der Waals surface area contributed by atoms with Gasteiger partial charge in [-0.3, -0.25) is 0 Å². The molecule has 0 amide bonds. The Morgan fingerprint density at radius 2 is 1.73 bits per heavy atom. The first-order valence-electron chi connectivity index (χ1n) is 5.04. The van der Waals surface area contributed by atoms with E-state index in [9.17, 15) is 0 Å². The van der Waals surface area contributed by atoms with Crippen LogP contribution in [0.15, 0.2) is 0 Å². The Kier molecular flexibility index (Phi) is 6.63. The fraction of sp³-hybridized carbons (Fsp3) is 1.00. The summed E-state index contributed by atoms with van der Waals surface area (Å²) >= 11 is 0. The van der Waals surface area contributed by atoms with E-state index in [-0.39, 0.29) is 0 Å². The van der Waals surface area contributed by atoms with Gasteiger partial charge in [0.05, 0.1) is 0 Å². The van der Waals surface area contributed by atoms with Gasteiger partial charge in [-0.25, -0.2) is 0 Å². The molecule has 1 fully saturated rings. The van der Waals surface area contributed by atoms with Gasteiger partial charge >= 0.3 is 0 Å². The van der Waals surface area contributed by atoms with E-state index in [1.165, 1.54) is 25.8 Å². The van der Waals surface area contributed by atoms with Crippen molar-refractivity contribution in [2.45, 2.75) is 53.0 Å². The molecule has 0 aromatic carbocycles. The molecule has 2 atom stereocenters. The lowest BCUT2D eigenvalue weighted by atomic mass is 9.99. The Hall–Kier alpha value is -0.0400. The maximum absolute atomic E-state index is 3.49. The molecule has 1 saturated heterocycles. The molecule has 1 aliphatic heterocycles. The Morgan fingerprint density at radius 1 is 1.09 bits per heavy atom. The first-order chi connectivity index (χ1) is 5.30. The smallest absolute Gasteiger partial charge is 0.00643 e. The van der Waals surface area contributed by atoms with Crippen molar-refractivity contribution in [2.75, 3.05) is 6.54 Å². The molecule has 1 heterocycles. The number of hydrogen-bond donors (Lipinski definition) is 1. The molecule has 0 saturated carbocycles. The first kappa shape index (κ1) is 11.0. The SMILES string of the molecule is CC.CC1CCCCNC1C. The van der Waals surface area contributed by atoms with Crippen molar-refractivity contribution >= 4 is 0 Å². The molecule has 1 aliphatic rings. The van der Waals surface area contributed by atoms with E-state index < -0.39 is 0 Å². The average molecular weight is 157 g/mol. The third kappa shape index (κ3) is 4.41. The molecule has 0 aliphatic carbocycles. The summed E-state index contributed by atoms with van der Waals surface area (Å²) < 4.78 is 0. The van der Waals surface area contributed by atoms with E-state index in [1.807, 2.05) is 13.8 Å². The molecule has 0 radical (unpaired) electrons. The molecule has 0 spiro atoms. The van der Waals surface area contributed by atoms with Gasteiger partial charge in [0.1, 0.15) is 0 Å². The number of nitrogens with one attached hydrogen (secondary N) is 1. The van der Waals surface area contributed by atoms with Crippen LogP contribution in [0.5, 0.6) is 0 Å². The van der Waals surface area contributed by atoms with Crippen molar-refractivity contribution < 1.29 is 0 Å². The molecule has 1 N–H and O–H groups in total. The fourth-order valence-electron chi connectivity index (χ4n) is 1.37. The van der Waals surface area contributed by atoms with Crippen molar-refractivity contribution in [3.8, 4) is 0 Å². The monoisotopic (exact) mass is 157 g/mol. The van der Waals surface area contributed by atoms with Crippen LogP contribution in [0.4, 0.5) is 0 Å². The highest BCUT2D eigenvalue weighted by atomic mass is 14.9. The molecular formula is C10H23N. The maximum Gasteiger partial charge on any atom is 0.00643 e. The van der Waals surface area contributed by atoms with Gasteiger partial charge in [-0.05, 0) is 32.2 Å². The summed E-state index contributed by atoms with van der Waals surface area (Å²) in [7, 11) is 0. The van der Waals surface area contributed by atoms with Gasteiger partial charge in [0.15, 0.2) is 0 Å². The topological polar surface area (TPSA) is 12.0 Å². The highest BCUT2D eigenvalue weighted by Crippen LogP contribution is 2.14. The summed E-state index contributed by atoms with van der Waals surface area (Å²) in [5, 5.41) is 3.49. The molecule has 2 unspecified atom stereocenters.